The number of amides is 1. The van der Waals surface area contributed by atoms with E-state index in [1.807, 2.05) is 48.5 Å². The Morgan fingerprint density at radius 3 is 2.51 bits per heavy atom. The number of nitrogens with one attached hydrogen (secondary N) is 2. The molecule has 4 aromatic rings. The molecule has 1 heterocycles. The SMILES string of the molecule is N=C(N)c1cccc(C[C@H](NS(=O)(=O)c2ccc3ccccc3c2)C(=O)N2CCCc3ccccc32)c1. The molecule has 5 rings (SSSR count). The molecule has 0 radical (unpaired) electrons. The van der Waals surface area contributed by atoms with Gasteiger partial charge in [-0.3, -0.25) is 10.2 Å². The fourth-order valence-corrected chi connectivity index (χ4v) is 6.05. The number of nitrogens with zero attached hydrogens (tertiary/aromatic N) is 1. The van der Waals surface area contributed by atoms with Gasteiger partial charge in [-0.2, -0.15) is 4.72 Å². The number of anilines is 1. The quantitative estimate of drug-likeness (QED) is 0.256. The Morgan fingerprint density at radius 2 is 1.70 bits per heavy atom. The summed E-state index contributed by atoms with van der Waals surface area (Å²) < 4.78 is 29.8. The van der Waals surface area contributed by atoms with Crippen molar-refractivity contribution in [1.82, 2.24) is 4.72 Å². The molecule has 0 bridgehead atoms. The number of hydrogen-bond acceptors (Lipinski definition) is 4. The average Bonchev–Trinajstić information content (AvgIpc) is 2.91. The summed E-state index contributed by atoms with van der Waals surface area (Å²) in [5, 5.41) is 9.48. The molecule has 0 unspecified atom stereocenters. The van der Waals surface area contributed by atoms with E-state index in [0.29, 0.717) is 17.7 Å². The monoisotopic (exact) mass is 512 g/mol. The second-order valence-corrected chi connectivity index (χ2v) is 10.9. The first-order chi connectivity index (χ1) is 17.8. The van der Waals surface area contributed by atoms with Crippen molar-refractivity contribution in [2.45, 2.75) is 30.2 Å². The van der Waals surface area contributed by atoms with Crippen LogP contribution in [0.15, 0.2) is 95.9 Å². The van der Waals surface area contributed by atoms with Crippen LogP contribution >= 0.6 is 0 Å². The van der Waals surface area contributed by atoms with Gasteiger partial charge in [-0.1, -0.05) is 66.7 Å². The summed E-state index contributed by atoms with van der Waals surface area (Å²) in [7, 11) is -4.02. The van der Waals surface area contributed by atoms with Crippen molar-refractivity contribution in [1.29, 1.82) is 5.41 Å². The zero-order chi connectivity index (χ0) is 26.0. The van der Waals surface area contributed by atoms with Gasteiger partial charge in [0, 0.05) is 17.8 Å². The molecule has 0 saturated heterocycles. The number of fused-ring (bicyclic) bond motifs is 2. The van der Waals surface area contributed by atoms with E-state index in [0.717, 1.165) is 34.9 Å². The smallest absolute Gasteiger partial charge is 0.245 e. The van der Waals surface area contributed by atoms with Crippen LogP contribution in [-0.4, -0.2) is 32.7 Å². The Balaban J connectivity index is 1.51. The summed E-state index contributed by atoms with van der Waals surface area (Å²) in [5.74, 6) is -0.406. The second-order valence-electron chi connectivity index (χ2n) is 9.22. The summed E-state index contributed by atoms with van der Waals surface area (Å²) in [5.41, 5.74) is 8.76. The summed E-state index contributed by atoms with van der Waals surface area (Å²) in [6.45, 7) is 0.511. The Bertz CT molecular complexity index is 1600. The molecule has 1 amide bonds. The van der Waals surface area contributed by atoms with Gasteiger partial charge in [-0.15, -0.1) is 0 Å². The highest BCUT2D eigenvalue weighted by Crippen LogP contribution is 2.28. The van der Waals surface area contributed by atoms with Crippen molar-refractivity contribution in [2.24, 2.45) is 5.73 Å². The minimum Gasteiger partial charge on any atom is -0.384 e. The summed E-state index contributed by atoms with van der Waals surface area (Å²) in [4.78, 5) is 15.7. The predicted molar refractivity (Wildman–Crippen MR) is 146 cm³/mol. The number of carbonyl (C=O) groups excluding carboxylic acids is 1. The highest BCUT2D eigenvalue weighted by molar-refractivity contribution is 7.89. The van der Waals surface area contributed by atoms with Crippen LogP contribution in [0.1, 0.15) is 23.1 Å². The molecule has 4 N–H and O–H groups in total. The predicted octanol–water partition coefficient (Wildman–Crippen LogP) is 3.99. The lowest BCUT2D eigenvalue weighted by Gasteiger charge is -2.32. The summed E-state index contributed by atoms with van der Waals surface area (Å²) >= 11 is 0. The highest BCUT2D eigenvalue weighted by atomic mass is 32.2. The number of benzene rings is 4. The largest absolute Gasteiger partial charge is 0.384 e. The first kappa shape index (κ1) is 24.7. The fraction of sp³-hybridized carbons (Fsp3) is 0.172. The number of hydrogen-bond donors (Lipinski definition) is 3. The normalized spacial score (nSPS) is 14.2. The van der Waals surface area contributed by atoms with Gasteiger partial charge in [-0.25, -0.2) is 8.42 Å². The third-order valence-electron chi connectivity index (χ3n) is 6.68. The van der Waals surface area contributed by atoms with Gasteiger partial charge >= 0.3 is 0 Å². The first-order valence-electron chi connectivity index (χ1n) is 12.2. The van der Waals surface area contributed by atoms with E-state index >= 15 is 0 Å². The van der Waals surface area contributed by atoms with Crippen LogP contribution in [0.4, 0.5) is 5.69 Å². The zero-order valence-corrected chi connectivity index (χ0v) is 21.0. The number of sulfonamides is 1. The summed E-state index contributed by atoms with van der Waals surface area (Å²) in [6, 6.07) is 26.1. The van der Waals surface area contributed by atoms with Crippen molar-refractivity contribution in [2.75, 3.05) is 11.4 Å². The van der Waals surface area contributed by atoms with Crippen molar-refractivity contribution >= 4 is 38.2 Å². The highest BCUT2D eigenvalue weighted by Gasteiger charge is 2.32. The van der Waals surface area contributed by atoms with Gasteiger partial charge in [0.05, 0.1) is 4.90 Å². The lowest BCUT2D eigenvalue weighted by molar-refractivity contribution is -0.120. The molecule has 37 heavy (non-hydrogen) atoms. The minimum absolute atomic E-state index is 0.0913. The van der Waals surface area contributed by atoms with Gasteiger partial charge in [0.1, 0.15) is 11.9 Å². The molecule has 0 fully saturated rings. The number of para-hydroxylation sites is 1. The van der Waals surface area contributed by atoms with E-state index in [1.165, 1.54) is 0 Å². The zero-order valence-electron chi connectivity index (χ0n) is 20.2. The summed E-state index contributed by atoms with van der Waals surface area (Å²) in [6.07, 6.45) is 1.78. The molecule has 0 spiro atoms. The van der Waals surface area contributed by atoms with E-state index in [1.54, 1.807) is 47.4 Å². The minimum atomic E-state index is -4.02. The number of nitrogens with two attached hydrogens (primary N) is 1. The van der Waals surface area contributed by atoms with Crippen LogP contribution in [0.2, 0.25) is 0 Å². The lowest BCUT2D eigenvalue weighted by atomic mass is 9.99. The van der Waals surface area contributed by atoms with E-state index in [2.05, 4.69) is 4.72 Å². The van der Waals surface area contributed by atoms with E-state index < -0.39 is 16.1 Å². The molecular weight excluding hydrogens is 484 g/mol. The van der Waals surface area contributed by atoms with Crippen LogP contribution in [0.3, 0.4) is 0 Å². The van der Waals surface area contributed by atoms with Crippen LogP contribution in [-0.2, 0) is 27.7 Å². The molecule has 0 saturated carbocycles. The van der Waals surface area contributed by atoms with Crippen molar-refractivity contribution in [3.8, 4) is 0 Å². The fourth-order valence-electron chi connectivity index (χ4n) is 4.82. The number of rotatable bonds is 7. The Labute approximate surface area is 216 Å². The third kappa shape index (κ3) is 5.26. The molecule has 1 atom stereocenters. The third-order valence-corrected chi connectivity index (χ3v) is 8.15. The molecule has 1 aliphatic rings. The van der Waals surface area contributed by atoms with Gasteiger partial charge < -0.3 is 10.6 Å². The second kappa shape index (κ2) is 10.2. The molecular formula is C29H28N4O3S. The number of aryl methyl sites for hydroxylation is 1. The van der Waals surface area contributed by atoms with Crippen molar-refractivity contribution in [3.05, 3.63) is 108 Å². The number of carbonyl (C=O) groups is 1. The Morgan fingerprint density at radius 1 is 0.946 bits per heavy atom. The van der Waals surface area contributed by atoms with Crippen LogP contribution in [0.5, 0.6) is 0 Å². The number of nitrogen functional groups attached to an aromatic ring is 1. The standard InChI is InChI=1S/C29H28N4O3S/c30-28(31)24-11-5-7-20(17-24)18-26(29(34)33-16-6-12-22-9-3-4-13-27(22)33)32-37(35,36)25-15-14-21-8-1-2-10-23(21)19-25/h1-5,7-11,13-15,17,19,26,32H,6,12,16,18H2,(H3,30,31)/t26-/m0/s1. The maximum Gasteiger partial charge on any atom is 0.245 e. The molecule has 0 aliphatic carbocycles. The average molecular weight is 513 g/mol. The van der Waals surface area contributed by atoms with Crippen LogP contribution < -0.4 is 15.4 Å². The van der Waals surface area contributed by atoms with E-state index in [9.17, 15) is 13.2 Å². The van der Waals surface area contributed by atoms with Gasteiger partial charge in [0.2, 0.25) is 15.9 Å². The van der Waals surface area contributed by atoms with Crippen LogP contribution in [0, 0.1) is 5.41 Å². The van der Waals surface area contributed by atoms with Gasteiger partial charge in [0.15, 0.2) is 0 Å². The van der Waals surface area contributed by atoms with Crippen molar-refractivity contribution < 1.29 is 13.2 Å². The molecule has 1 aliphatic heterocycles. The maximum absolute atomic E-state index is 13.9. The Kier molecular flexibility index (Phi) is 6.78. The molecule has 4 aromatic carbocycles. The molecule has 188 valence electrons. The number of amidine groups is 1. The lowest BCUT2D eigenvalue weighted by Crippen LogP contribution is -2.51. The van der Waals surface area contributed by atoms with E-state index in [4.69, 9.17) is 11.1 Å². The Hall–Kier alpha value is -4.01. The van der Waals surface area contributed by atoms with E-state index in [-0.39, 0.29) is 23.1 Å². The van der Waals surface area contributed by atoms with Gasteiger partial charge in [0.25, 0.3) is 0 Å². The van der Waals surface area contributed by atoms with Crippen molar-refractivity contribution in [3.63, 3.8) is 0 Å². The molecule has 0 aromatic heterocycles. The van der Waals surface area contributed by atoms with Crippen LogP contribution in [0.25, 0.3) is 10.8 Å². The molecule has 7 nitrogen and oxygen atoms in total. The maximum atomic E-state index is 13.9. The topological polar surface area (TPSA) is 116 Å². The van der Waals surface area contributed by atoms with Gasteiger partial charge in [-0.05, 0) is 65.4 Å². The first-order valence-corrected chi connectivity index (χ1v) is 13.6. The molecule has 8 heteroatoms.